The number of fused-ring (bicyclic) bond motifs is 1. The fraction of sp³-hybridized carbons (Fsp3) is 0.286. The summed E-state index contributed by atoms with van der Waals surface area (Å²) in [7, 11) is 1.55. The molecule has 0 aromatic heterocycles. The predicted molar refractivity (Wildman–Crippen MR) is 134 cm³/mol. The van der Waals surface area contributed by atoms with E-state index in [2.05, 4.69) is 35.8 Å². The molecule has 0 spiro atoms. The summed E-state index contributed by atoms with van der Waals surface area (Å²) < 4.78 is 11.7. The minimum atomic E-state index is -0.894. The van der Waals surface area contributed by atoms with Crippen molar-refractivity contribution in [3.8, 4) is 17.6 Å². The van der Waals surface area contributed by atoms with Gasteiger partial charge in [0.1, 0.15) is 17.9 Å². The van der Waals surface area contributed by atoms with Crippen molar-refractivity contribution >= 4 is 11.7 Å². The van der Waals surface area contributed by atoms with E-state index in [4.69, 9.17) is 9.47 Å². The van der Waals surface area contributed by atoms with Crippen LogP contribution in [0.15, 0.2) is 66.7 Å². The molecule has 3 N–H and O–H groups in total. The average Bonchev–Trinajstić information content (AvgIpc) is 2.88. The highest BCUT2D eigenvalue weighted by atomic mass is 16.5. The van der Waals surface area contributed by atoms with E-state index in [1.165, 1.54) is 0 Å². The summed E-state index contributed by atoms with van der Waals surface area (Å²) in [6.07, 6.45) is -0.323. The number of carbonyl (C=O) groups is 1. The molecule has 1 aliphatic heterocycles. The van der Waals surface area contributed by atoms with Crippen molar-refractivity contribution in [3.63, 3.8) is 0 Å². The van der Waals surface area contributed by atoms with Gasteiger partial charge in [0.25, 0.3) is 0 Å². The third-order valence-corrected chi connectivity index (χ3v) is 6.29. The Morgan fingerprint density at radius 3 is 2.71 bits per heavy atom. The molecule has 4 rings (SSSR count). The largest absolute Gasteiger partial charge is 0.496 e. The molecule has 0 amide bonds. The number of rotatable bonds is 9. The lowest BCUT2D eigenvalue weighted by atomic mass is 9.95. The molecule has 7 heteroatoms. The van der Waals surface area contributed by atoms with E-state index in [-0.39, 0.29) is 24.5 Å². The Hall–Kier alpha value is -4.02. The van der Waals surface area contributed by atoms with Gasteiger partial charge in [0.15, 0.2) is 5.75 Å². The van der Waals surface area contributed by atoms with E-state index < -0.39 is 5.97 Å². The van der Waals surface area contributed by atoms with Gasteiger partial charge in [-0.25, -0.2) is 0 Å². The monoisotopic (exact) mass is 471 g/mol. The van der Waals surface area contributed by atoms with Crippen molar-refractivity contribution in [1.29, 1.82) is 5.26 Å². The van der Waals surface area contributed by atoms with E-state index in [0.717, 1.165) is 16.8 Å². The molecule has 0 fully saturated rings. The number of nitrogens with zero attached hydrogens (tertiary/aromatic N) is 1. The number of methoxy groups -OCH3 is 1. The molecule has 0 radical (unpaired) electrons. The molecular weight excluding hydrogens is 442 g/mol. The van der Waals surface area contributed by atoms with Crippen LogP contribution in [0, 0.1) is 11.3 Å². The van der Waals surface area contributed by atoms with Crippen molar-refractivity contribution in [1.82, 2.24) is 5.32 Å². The van der Waals surface area contributed by atoms with Crippen LogP contribution in [0.5, 0.6) is 11.5 Å². The summed E-state index contributed by atoms with van der Waals surface area (Å²) in [5, 5.41) is 25.9. The average molecular weight is 472 g/mol. The van der Waals surface area contributed by atoms with Gasteiger partial charge < -0.3 is 25.2 Å². The van der Waals surface area contributed by atoms with E-state index in [1.807, 2.05) is 48.5 Å². The number of hydrogen-bond donors (Lipinski definition) is 3. The molecule has 0 saturated heterocycles. The first-order chi connectivity index (χ1) is 17.0. The van der Waals surface area contributed by atoms with Crippen molar-refractivity contribution in [2.45, 2.75) is 31.4 Å². The van der Waals surface area contributed by atoms with Gasteiger partial charge in [-0.15, -0.1) is 0 Å². The van der Waals surface area contributed by atoms with Crippen LogP contribution < -0.4 is 20.1 Å². The highest BCUT2D eigenvalue weighted by molar-refractivity contribution is 5.71. The first-order valence-corrected chi connectivity index (χ1v) is 11.6. The Balaban J connectivity index is 1.55. The Morgan fingerprint density at radius 2 is 2.00 bits per heavy atom. The summed E-state index contributed by atoms with van der Waals surface area (Å²) in [5.41, 5.74) is 4.10. The molecule has 0 saturated carbocycles. The highest BCUT2D eigenvalue weighted by Gasteiger charge is 2.30. The molecule has 35 heavy (non-hydrogen) atoms. The number of hydrogen-bond acceptors (Lipinski definition) is 6. The fourth-order valence-electron chi connectivity index (χ4n) is 4.43. The van der Waals surface area contributed by atoms with Gasteiger partial charge in [-0.3, -0.25) is 4.79 Å². The molecule has 3 aromatic carbocycles. The van der Waals surface area contributed by atoms with Crippen LogP contribution >= 0.6 is 0 Å². The zero-order valence-corrected chi connectivity index (χ0v) is 19.8. The van der Waals surface area contributed by atoms with Crippen LogP contribution in [0.4, 0.5) is 5.69 Å². The van der Waals surface area contributed by atoms with Gasteiger partial charge in [0.2, 0.25) is 0 Å². The summed E-state index contributed by atoms with van der Waals surface area (Å²) >= 11 is 0. The van der Waals surface area contributed by atoms with Crippen LogP contribution in [0.1, 0.15) is 41.1 Å². The van der Waals surface area contributed by atoms with Crippen LogP contribution in [-0.4, -0.2) is 37.4 Å². The lowest BCUT2D eigenvalue weighted by Crippen LogP contribution is -2.43. The zero-order chi connectivity index (χ0) is 24.8. The lowest BCUT2D eigenvalue weighted by molar-refractivity contribution is -0.136. The van der Waals surface area contributed by atoms with Crippen LogP contribution in [-0.2, 0) is 11.2 Å². The number of carboxylic acid groups (broad SMARTS) is 1. The van der Waals surface area contributed by atoms with E-state index in [0.29, 0.717) is 35.7 Å². The van der Waals surface area contributed by atoms with Gasteiger partial charge in [0, 0.05) is 12.1 Å². The first kappa shape index (κ1) is 24.1. The van der Waals surface area contributed by atoms with Gasteiger partial charge >= 0.3 is 5.97 Å². The molecule has 0 unspecified atom stereocenters. The number of nitriles is 1. The molecule has 7 nitrogen and oxygen atoms in total. The zero-order valence-electron chi connectivity index (χ0n) is 19.8. The predicted octanol–water partition coefficient (Wildman–Crippen LogP) is 4.50. The number of nitrogens with one attached hydrogen (secondary N) is 2. The topological polar surface area (TPSA) is 104 Å². The van der Waals surface area contributed by atoms with Crippen LogP contribution in [0.3, 0.4) is 0 Å². The Bertz CT molecular complexity index is 1220. The maximum atomic E-state index is 11.3. The van der Waals surface area contributed by atoms with Gasteiger partial charge in [-0.2, -0.15) is 5.26 Å². The number of carboxylic acids is 1. The number of benzene rings is 3. The second-order valence-corrected chi connectivity index (χ2v) is 8.67. The number of anilines is 1. The summed E-state index contributed by atoms with van der Waals surface area (Å²) in [5.74, 6) is 0.370. The number of aliphatic carboxylic acids is 1. The standard InChI is InChI=1S/C28H29N3O4/c1-18(20-11-12-24(34-2)22(13-20)14-26(32)33)16-31-27(19-7-4-3-5-8-19)25-17-30-23-10-6-9-21(15-29)28(23)35-25/h3-13,18,25,27,30-31H,14,16-17H2,1-2H3,(H,32,33)/t18-,25+,27+/m0/s1. The molecule has 3 atom stereocenters. The third-order valence-electron chi connectivity index (χ3n) is 6.29. The molecule has 180 valence electrons. The molecule has 3 aromatic rings. The fourth-order valence-corrected chi connectivity index (χ4v) is 4.43. The minimum Gasteiger partial charge on any atom is -0.496 e. The molecule has 1 aliphatic rings. The molecule has 0 aliphatic carbocycles. The van der Waals surface area contributed by atoms with Crippen molar-refractivity contribution < 1.29 is 19.4 Å². The third kappa shape index (κ3) is 5.56. The quantitative estimate of drug-likeness (QED) is 0.422. The highest BCUT2D eigenvalue weighted by Crippen LogP contribution is 2.35. The Kier molecular flexibility index (Phi) is 7.54. The first-order valence-electron chi connectivity index (χ1n) is 11.6. The van der Waals surface area contributed by atoms with Crippen molar-refractivity contribution in [2.75, 3.05) is 25.5 Å². The van der Waals surface area contributed by atoms with Crippen molar-refractivity contribution in [3.05, 3.63) is 89.0 Å². The second kappa shape index (κ2) is 10.9. The second-order valence-electron chi connectivity index (χ2n) is 8.67. The number of ether oxygens (including phenoxy) is 2. The van der Waals surface area contributed by atoms with E-state index >= 15 is 0 Å². The summed E-state index contributed by atoms with van der Waals surface area (Å²) in [4.78, 5) is 11.3. The molecular formula is C28H29N3O4. The number of para-hydroxylation sites is 1. The van der Waals surface area contributed by atoms with Crippen LogP contribution in [0.2, 0.25) is 0 Å². The maximum Gasteiger partial charge on any atom is 0.307 e. The van der Waals surface area contributed by atoms with Gasteiger partial charge in [-0.1, -0.05) is 55.5 Å². The normalized spacial score (nSPS) is 16.1. The molecule has 0 bridgehead atoms. The summed E-state index contributed by atoms with van der Waals surface area (Å²) in [6, 6.07) is 23.4. The van der Waals surface area contributed by atoms with Gasteiger partial charge in [0.05, 0.1) is 37.4 Å². The maximum absolute atomic E-state index is 11.3. The van der Waals surface area contributed by atoms with E-state index in [9.17, 15) is 15.2 Å². The van der Waals surface area contributed by atoms with Gasteiger partial charge in [-0.05, 0) is 35.2 Å². The Labute approximate surface area is 205 Å². The molecule has 1 heterocycles. The van der Waals surface area contributed by atoms with E-state index in [1.54, 1.807) is 13.2 Å². The van der Waals surface area contributed by atoms with Crippen molar-refractivity contribution in [2.24, 2.45) is 0 Å². The SMILES string of the molecule is COc1ccc([C@@H](C)CN[C@H](c2ccccc2)[C@H]2CNc3cccc(C#N)c3O2)cc1CC(=O)O. The Morgan fingerprint density at radius 1 is 1.20 bits per heavy atom. The lowest BCUT2D eigenvalue weighted by Gasteiger charge is -2.35. The summed E-state index contributed by atoms with van der Waals surface area (Å²) in [6.45, 7) is 3.34. The minimum absolute atomic E-state index is 0.0912. The smallest absolute Gasteiger partial charge is 0.307 e. The van der Waals surface area contributed by atoms with Crippen LogP contribution in [0.25, 0.3) is 0 Å².